The monoisotopic (exact) mass is 266 g/mol. The lowest BCUT2D eigenvalue weighted by atomic mass is 10.2. The lowest BCUT2D eigenvalue weighted by Gasteiger charge is -2.29. The van der Waals surface area contributed by atoms with Gasteiger partial charge in [-0.3, -0.25) is 14.9 Å². The molecule has 0 aliphatic carbocycles. The fourth-order valence-electron chi connectivity index (χ4n) is 1.87. The van der Waals surface area contributed by atoms with Gasteiger partial charge in [0, 0.05) is 18.7 Å². The number of carbonyl (C=O) groups excluding carboxylic acids is 1. The number of hydrogen-bond donors (Lipinski definition) is 1. The van der Waals surface area contributed by atoms with Gasteiger partial charge >= 0.3 is 0 Å². The van der Waals surface area contributed by atoms with Crippen molar-refractivity contribution in [2.24, 2.45) is 0 Å². The summed E-state index contributed by atoms with van der Waals surface area (Å²) in [6.45, 7) is 1.83. The first kappa shape index (κ1) is 13.3. The lowest BCUT2D eigenvalue weighted by Crippen LogP contribution is -2.40. The number of non-ortho nitro benzene ring substituents is 1. The van der Waals surface area contributed by atoms with Gasteiger partial charge in [0.1, 0.15) is 5.75 Å². The molecule has 0 bridgehead atoms. The maximum atomic E-state index is 11.8. The van der Waals surface area contributed by atoms with Crippen LogP contribution in [0.1, 0.15) is 13.3 Å². The number of nitro benzene ring substituents is 1. The lowest BCUT2D eigenvalue weighted by molar-refractivity contribution is -0.384. The number of aliphatic hydroxyl groups excluding tert-OH is 1. The van der Waals surface area contributed by atoms with Crippen molar-refractivity contribution in [2.45, 2.75) is 19.4 Å². The Kier molecular flexibility index (Phi) is 3.66. The summed E-state index contributed by atoms with van der Waals surface area (Å²) in [6.07, 6.45) is -0.147. The third-order valence-electron chi connectivity index (χ3n) is 2.87. The zero-order chi connectivity index (χ0) is 14.0. The second-order valence-corrected chi connectivity index (χ2v) is 4.38. The highest BCUT2D eigenvalue weighted by Gasteiger charge is 2.27. The third-order valence-corrected chi connectivity index (χ3v) is 2.87. The van der Waals surface area contributed by atoms with Crippen LogP contribution in [-0.2, 0) is 4.79 Å². The molecule has 7 heteroatoms. The Morgan fingerprint density at radius 2 is 2.32 bits per heavy atom. The number of aliphatic hydroxyl groups is 1. The fourth-order valence-corrected chi connectivity index (χ4v) is 1.87. The third kappa shape index (κ3) is 2.82. The first-order valence-corrected chi connectivity index (χ1v) is 5.88. The van der Waals surface area contributed by atoms with Gasteiger partial charge < -0.3 is 14.7 Å². The van der Waals surface area contributed by atoms with Gasteiger partial charge in [-0.1, -0.05) is 0 Å². The van der Waals surface area contributed by atoms with Crippen molar-refractivity contribution in [3.63, 3.8) is 0 Å². The second-order valence-electron chi connectivity index (χ2n) is 4.38. The number of carbonyl (C=O) groups is 1. The normalized spacial score (nSPS) is 15.7. The summed E-state index contributed by atoms with van der Waals surface area (Å²) in [5, 5.41) is 20.0. The quantitative estimate of drug-likeness (QED) is 0.650. The summed E-state index contributed by atoms with van der Waals surface area (Å²) in [4.78, 5) is 23.5. The maximum Gasteiger partial charge on any atom is 0.271 e. The molecule has 0 fully saturated rings. The molecule has 0 saturated heterocycles. The Bertz CT molecular complexity index is 515. The molecular formula is C12H14N2O5. The number of amides is 1. The minimum absolute atomic E-state index is 0.0926. The van der Waals surface area contributed by atoms with E-state index in [1.54, 1.807) is 6.92 Å². The maximum absolute atomic E-state index is 11.8. The summed E-state index contributed by atoms with van der Waals surface area (Å²) >= 11 is 0. The van der Waals surface area contributed by atoms with Gasteiger partial charge in [0.25, 0.3) is 11.6 Å². The van der Waals surface area contributed by atoms with Gasteiger partial charge in [-0.05, 0) is 19.4 Å². The smallest absolute Gasteiger partial charge is 0.271 e. The molecule has 7 nitrogen and oxygen atoms in total. The van der Waals surface area contributed by atoms with Crippen LogP contribution < -0.4 is 9.64 Å². The molecule has 1 aliphatic rings. The summed E-state index contributed by atoms with van der Waals surface area (Å²) in [5.74, 6) is 0.171. The Morgan fingerprint density at radius 3 is 2.95 bits per heavy atom. The first-order chi connectivity index (χ1) is 8.99. The molecule has 102 valence electrons. The van der Waals surface area contributed by atoms with E-state index in [1.165, 1.54) is 23.1 Å². The standard InChI is InChI=1S/C12H14N2O5/c1-8(15)4-5-13-10-6-9(14(17)18)2-3-11(10)19-7-12(13)16/h2-3,6,8,15H,4-5,7H2,1H3. The van der Waals surface area contributed by atoms with E-state index in [-0.39, 0.29) is 18.2 Å². The molecule has 2 rings (SSSR count). The van der Waals surface area contributed by atoms with E-state index in [1.807, 2.05) is 0 Å². The molecule has 1 aromatic rings. The van der Waals surface area contributed by atoms with Gasteiger partial charge in [-0.2, -0.15) is 0 Å². The molecule has 1 N–H and O–H groups in total. The minimum atomic E-state index is -0.544. The van der Waals surface area contributed by atoms with Gasteiger partial charge in [0.05, 0.1) is 16.7 Å². The molecule has 1 aromatic carbocycles. The molecule has 0 radical (unpaired) electrons. The molecular weight excluding hydrogens is 252 g/mol. The van der Waals surface area contributed by atoms with Crippen LogP contribution in [0.15, 0.2) is 18.2 Å². The predicted octanol–water partition coefficient (Wildman–Crippen LogP) is 1.09. The summed E-state index contributed by atoms with van der Waals surface area (Å²) < 4.78 is 5.23. The first-order valence-electron chi connectivity index (χ1n) is 5.88. The van der Waals surface area contributed by atoms with Crippen molar-refractivity contribution in [3.05, 3.63) is 28.3 Å². The Balaban J connectivity index is 2.32. The van der Waals surface area contributed by atoms with Gasteiger partial charge in [0.15, 0.2) is 6.61 Å². The number of hydrogen-bond acceptors (Lipinski definition) is 5. The second kappa shape index (κ2) is 5.23. The van der Waals surface area contributed by atoms with E-state index in [2.05, 4.69) is 0 Å². The van der Waals surface area contributed by atoms with E-state index in [0.29, 0.717) is 24.4 Å². The number of nitrogens with zero attached hydrogens (tertiary/aromatic N) is 2. The van der Waals surface area contributed by atoms with Crippen molar-refractivity contribution < 1.29 is 19.6 Å². The van der Waals surface area contributed by atoms with E-state index in [4.69, 9.17) is 4.74 Å². The largest absolute Gasteiger partial charge is 0.482 e. The number of fused-ring (bicyclic) bond motifs is 1. The van der Waals surface area contributed by atoms with Crippen LogP contribution in [0.5, 0.6) is 5.75 Å². The van der Waals surface area contributed by atoms with Crippen LogP contribution in [0.4, 0.5) is 11.4 Å². The van der Waals surface area contributed by atoms with Crippen LogP contribution in [0.3, 0.4) is 0 Å². The molecule has 1 atom stereocenters. The highest BCUT2D eigenvalue weighted by atomic mass is 16.6. The molecule has 1 aliphatic heterocycles. The Morgan fingerprint density at radius 1 is 1.58 bits per heavy atom. The highest BCUT2D eigenvalue weighted by Crippen LogP contribution is 2.35. The van der Waals surface area contributed by atoms with E-state index < -0.39 is 11.0 Å². The van der Waals surface area contributed by atoms with Crippen molar-refractivity contribution in [2.75, 3.05) is 18.1 Å². The van der Waals surface area contributed by atoms with Crippen LogP contribution in [0, 0.1) is 10.1 Å². The Labute approximate surface area is 109 Å². The van der Waals surface area contributed by atoms with Crippen molar-refractivity contribution in [3.8, 4) is 5.75 Å². The molecule has 0 saturated carbocycles. The van der Waals surface area contributed by atoms with Crippen molar-refractivity contribution in [1.29, 1.82) is 0 Å². The van der Waals surface area contributed by atoms with Gasteiger partial charge in [0.2, 0.25) is 0 Å². The Hall–Kier alpha value is -2.15. The summed E-state index contributed by atoms with van der Waals surface area (Å²) in [6, 6.07) is 4.13. The SMILES string of the molecule is CC(O)CCN1C(=O)COc2ccc([N+](=O)[O-])cc21. The van der Waals surface area contributed by atoms with E-state index in [9.17, 15) is 20.0 Å². The highest BCUT2D eigenvalue weighted by molar-refractivity contribution is 5.98. The van der Waals surface area contributed by atoms with Crippen LogP contribution in [0.2, 0.25) is 0 Å². The van der Waals surface area contributed by atoms with Gasteiger partial charge in [-0.15, -0.1) is 0 Å². The fraction of sp³-hybridized carbons (Fsp3) is 0.417. The van der Waals surface area contributed by atoms with Crippen LogP contribution in [0.25, 0.3) is 0 Å². The summed E-state index contributed by atoms with van der Waals surface area (Å²) in [7, 11) is 0. The van der Waals surface area contributed by atoms with E-state index in [0.717, 1.165) is 0 Å². The predicted molar refractivity (Wildman–Crippen MR) is 67.2 cm³/mol. The number of benzene rings is 1. The zero-order valence-corrected chi connectivity index (χ0v) is 10.4. The zero-order valence-electron chi connectivity index (χ0n) is 10.4. The number of anilines is 1. The summed E-state index contributed by atoms with van der Waals surface area (Å²) in [5.41, 5.74) is 0.283. The molecule has 0 aromatic heterocycles. The molecule has 0 spiro atoms. The topological polar surface area (TPSA) is 92.9 Å². The average molecular weight is 266 g/mol. The average Bonchev–Trinajstić information content (AvgIpc) is 2.36. The van der Waals surface area contributed by atoms with Gasteiger partial charge in [-0.25, -0.2) is 0 Å². The van der Waals surface area contributed by atoms with Crippen molar-refractivity contribution in [1.82, 2.24) is 0 Å². The number of nitro groups is 1. The molecule has 1 amide bonds. The molecule has 1 heterocycles. The number of rotatable bonds is 4. The van der Waals surface area contributed by atoms with E-state index >= 15 is 0 Å². The molecule has 1 unspecified atom stereocenters. The van der Waals surface area contributed by atoms with Crippen LogP contribution in [-0.4, -0.2) is 35.2 Å². The molecule has 19 heavy (non-hydrogen) atoms. The van der Waals surface area contributed by atoms with Crippen molar-refractivity contribution >= 4 is 17.3 Å². The van der Waals surface area contributed by atoms with Crippen LogP contribution >= 0.6 is 0 Å². The number of ether oxygens (including phenoxy) is 1. The minimum Gasteiger partial charge on any atom is -0.482 e.